The number of aromatic nitrogens is 1. The van der Waals surface area contributed by atoms with Crippen molar-refractivity contribution in [1.29, 1.82) is 0 Å². The number of nitrogens with one attached hydrogen (secondary N) is 1. The Labute approximate surface area is 199 Å². The van der Waals surface area contributed by atoms with E-state index in [0.717, 1.165) is 19.3 Å². The van der Waals surface area contributed by atoms with Crippen LogP contribution in [0.4, 0.5) is 0 Å². The molecule has 1 saturated heterocycles. The number of piperidine rings is 1. The first kappa shape index (κ1) is 25.6. The minimum atomic E-state index is -3.73. The van der Waals surface area contributed by atoms with Crippen molar-refractivity contribution in [2.75, 3.05) is 26.3 Å². The van der Waals surface area contributed by atoms with Crippen LogP contribution >= 0.6 is 0 Å². The number of hydrogen-bond donors (Lipinski definition) is 1. The fourth-order valence-corrected chi connectivity index (χ4v) is 5.84. The molecule has 0 aliphatic carbocycles. The maximum absolute atomic E-state index is 13.1. The smallest absolute Gasteiger partial charge is 0.340 e. The van der Waals surface area contributed by atoms with Crippen LogP contribution in [0.15, 0.2) is 23.1 Å². The first-order valence-electron chi connectivity index (χ1n) is 11.2. The van der Waals surface area contributed by atoms with Gasteiger partial charge >= 0.3 is 11.9 Å². The number of hydrogen-bond acceptors (Lipinski definition) is 7. The number of aryl methyl sites for hydroxylation is 2. The largest absolute Gasteiger partial charge is 0.462 e. The number of rotatable bonds is 8. The van der Waals surface area contributed by atoms with Crippen molar-refractivity contribution in [3.8, 4) is 0 Å². The Morgan fingerprint density at radius 1 is 1.00 bits per heavy atom. The number of Topliss-reactive ketones (excluding diaryl/α,β-unsaturated/α-hetero) is 1. The van der Waals surface area contributed by atoms with Crippen molar-refractivity contribution in [2.24, 2.45) is 0 Å². The van der Waals surface area contributed by atoms with E-state index in [-0.39, 0.29) is 28.3 Å². The molecule has 1 aliphatic rings. The summed E-state index contributed by atoms with van der Waals surface area (Å²) in [5, 5.41) is 0. The fraction of sp³-hybridized carbons (Fsp3) is 0.458. The molecule has 1 fully saturated rings. The summed E-state index contributed by atoms with van der Waals surface area (Å²) in [6.07, 6.45) is 2.60. The van der Waals surface area contributed by atoms with Gasteiger partial charge in [-0.1, -0.05) is 12.5 Å². The molecule has 184 valence electrons. The molecule has 1 aromatic carbocycles. The zero-order valence-corrected chi connectivity index (χ0v) is 20.7. The van der Waals surface area contributed by atoms with Gasteiger partial charge in [0.25, 0.3) is 0 Å². The van der Waals surface area contributed by atoms with Crippen LogP contribution in [0.1, 0.15) is 74.2 Å². The highest BCUT2D eigenvalue weighted by Gasteiger charge is 2.29. The number of aromatic amines is 1. The van der Waals surface area contributed by atoms with Crippen molar-refractivity contribution in [1.82, 2.24) is 9.29 Å². The normalized spacial score (nSPS) is 14.6. The SMILES string of the molecule is CCOC(=O)c1c(C)[nH]c(C(=O)COC(=O)c2ccc(C)c(S(=O)(=O)N3CCCCC3)c2)c1C. The summed E-state index contributed by atoms with van der Waals surface area (Å²) >= 11 is 0. The monoisotopic (exact) mass is 490 g/mol. The minimum Gasteiger partial charge on any atom is -0.462 e. The maximum atomic E-state index is 13.1. The topological polar surface area (TPSA) is 123 Å². The fourth-order valence-electron chi connectivity index (χ4n) is 4.07. The predicted octanol–water partition coefficient (Wildman–Crippen LogP) is 3.33. The number of ether oxygens (including phenoxy) is 2. The van der Waals surface area contributed by atoms with Gasteiger partial charge in [-0.05, 0) is 63.8 Å². The number of ketones is 1. The third-order valence-electron chi connectivity index (χ3n) is 5.89. The van der Waals surface area contributed by atoms with Crippen LogP contribution in [0, 0.1) is 20.8 Å². The lowest BCUT2D eigenvalue weighted by Gasteiger charge is -2.26. The van der Waals surface area contributed by atoms with Crippen LogP contribution in [-0.2, 0) is 19.5 Å². The molecule has 1 aliphatic heterocycles. The first-order chi connectivity index (χ1) is 16.1. The van der Waals surface area contributed by atoms with E-state index >= 15 is 0 Å². The molecule has 10 heteroatoms. The van der Waals surface area contributed by atoms with Crippen LogP contribution in [-0.4, -0.2) is 61.7 Å². The van der Waals surface area contributed by atoms with Gasteiger partial charge in [0.15, 0.2) is 6.61 Å². The van der Waals surface area contributed by atoms with E-state index in [4.69, 9.17) is 9.47 Å². The average Bonchev–Trinajstić information content (AvgIpc) is 3.12. The Bertz CT molecular complexity index is 1210. The Balaban J connectivity index is 1.75. The van der Waals surface area contributed by atoms with Crippen molar-refractivity contribution in [2.45, 2.75) is 51.9 Å². The number of esters is 2. The Hall–Kier alpha value is -2.98. The van der Waals surface area contributed by atoms with Crippen molar-refractivity contribution in [3.05, 3.63) is 51.8 Å². The van der Waals surface area contributed by atoms with E-state index < -0.39 is 34.4 Å². The van der Waals surface area contributed by atoms with Gasteiger partial charge in [0.05, 0.1) is 28.3 Å². The third kappa shape index (κ3) is 5.23. The molecule has 2 heterocycles. The standard InChI is InChI=1S/C24H30N2O7S/c1-5-32-24(29)21-16(3)22(25-17(21)4)19(27)14-33-23(28)18-10-9-15(2)20(13-18)34(30,31)26-11-7-6-8-12-26/h9-10,13,25H,5-8,11-12,14H2,1-4H3. The van der Waals surface area contributed by atoms with Crippen LogP contribution in [0.25, 0.3) is 0 Å². The van der Waals surface area contributed by atoms with Gasteiger partial charge < -0.3 is 14.5 Å². The van der Waals surface area contributed by atoms with Gasteiger partial charge in [0.1, 0.15) is 0 Å². The molecule has 2 aromatic rings. The lowest BCUT2D eigenvalue weighted by atomic mass is 10.1. The Morgan fingerprint density at radius 2 is 1.68 bits per heavy atom. The second-order valence-corrected chi connectivity index (χ2v) is 10.2. The van der Waals surface area contributed by atoms with Gasteiger partial charge in [-0.3, -0.25) is 4.79 Å². The lowest BCUT2D eigenvalue weighted by molar-refractivity contribution is 0.0472. The second kappa shape index (κ2) is 10.5. The van der Waals surface area contributed by atoms with E-state index in [2.05, 4.69) is 4.98 Å². The summed E-state index contributed by atoms with van der Waals surface area (Å²) in [6.45, 7) is 7.17. The predicted molar refractivity (Wildman–Crippen MR) is 125 cm³/mol. The average molecular weight is 491 g/mol. The van der Waals surface area contributed by atoms with Crippen molar-refractivity contribution in [3.63, 3.8) is 0 Å². The summed E-state index contributed by atoms with van der Waals surface area (Å²) in [6, 6.07) is 4.33. The number of nitrogens with zero attached hydrogens (tertiary/aromatic N) is 1. The zero-order valence-electron chi connectivity index (χ0n) is 19.9. The third-order valence-corrected chi connectivity index (χ3v) is 7.93. The van der Waals surface area contributed by atoms with Crippen LogP contribution in [0.2, 0.25) is 0 Å². The second-order valence-electron chi connectivity index (χ2n) is 8.29. The lowest BCUT2D eigenvalue weighted by Crippen LogP contribution is -2.36. The van der Waals surface area contributed by atoms with Gasteiger partial charge in [0, 0.05) is 18.8 Å². The molecular weight excluding hydrogens is 460 g/mol. The summed E-state index contributed by atoms with van der Waals surface area (Å²) in [5.41, 5.74) is 1.91. The van der Waals surface area contributed by atoms with Crippen LogP contribution in [0.5, 0.6) is 0 Å². The highest BCUT2D eigenvalue weighted by atomic mass is 32.2. The Morgan fingerprint density at radius 3 is 2.32 bits per heavy atom. The molecule has 1 aromatic heterocycles. The molecule has 0 atom stereocenters. The van der Waals surface area contributed by atoms with Crippen molar-refractivity contribution < 1.29 is 32.3 Å². The number of sulfonamides is 1. The molecule has 3 rings (SSSR count). The molecule has 34 heavy (non-hydrogen) atoms. The highest BCUT2D eigenvalue weighted by Crippen LogP contribution is 2.25. The first-order valence-corrected chi connectivity index (χ1v) is 12.7. The van der Waals surface area contributed by atoms with Crippen molar-refractivity contribution >= 4 is 27.7 Å². The summed E-state index contributed by atoms with van der Waals surface area (Å²) in [4.78, 5) is 40.4. The molecule has 0 radical (unpaired) electrons. The van der Waals surface area contributed by atoms with E-state index in [0.29, 0.717) is 29.9 Å². The number of carbonyl (C=O) groups excluding carboxylic acids is 3. The summed E-state index contributed by atoms with van der Waals surface area (Å²) < 4.78 is 37.8. The van der Waals surface area contributed by atoms with Gasteiger partial charge in [0.2, 0.25) is 15.8 Å². The maximum Gasteiger partial charge on any atom is 0.340 e. The van der Waals surface area contributed by atoms with Gasteiger partial charge in [-0.25, -0.2) is 18.0 Å². The number of carbonyl (C=O) groups is 3. The van der Waals surface area contributed by atoms with Crippen LogP contribution < -0.4 is 0 Å². The Kier molecular flexibility index (Phi) is 7.93. The molecule has 0 amide bonds. The zero-order chi connectivity index (χ0) is 25.0. The summed E-state index contributed by atoms with van der Waals surface area (Å²) in [5.74, 6) is -1.86. The molecule has 0 unspecified atom stereocenters. The number of H-pyrrole nitrogens is 1. The quantitative estimate of drug-likeness (QED) is 0.445. The molecule has 0 spiro atoms. The summed E-state index contributed by atoms with van der Waals surface area (Å²) in [7, 11) is -3.73. The molecular formula is C24H30N2O7S. The van der Waals surface area contributed by atoms with E-state index in [1.54, 1.807) is 33.8 Å². The van der Waals surface area contributed by atoms with Gasteiger partial charge in [-0.15, -0.1) is 0 Å². The van der Waals surface area contributed by atoms with E-state index in [9.17, 15) is 22.8 Å². The molecule has 9 nitrogen and oxygen atoms in total. The van der Waals surface area contributed by atoms with E-state index in [1.807, 2.05) is 0 Å². The highest BCUT2D eigenvalue weighted by molar-refractivity contribution is 7.89. The van der Waals surface area contributed by atoms with Gasteiger partial charge in [-0.2, -0.15) is 4.31 Å². The number of benzene rings is 1. The van der Waals surface area contributed by atoms with Crippen LogP contribution in [0.3, 0.4) is 0 Å². The molecule has 1 N–H and O–H groups in total. The molecule has 0 bridgehead atoms. The molecule has 0 saturated carbocycles. The minimum absolute atomic E-state index is 0.0422. The van der Waals surface area contributed by atoms with E-state index in [1.165, 1.54) is 16.4 Å².